The summed E-state index contributed by atoms with van der Waals surface area (Å²) in [6, 6.07) is 9.35. The van der Waals surface area contributed by atoms with Crippen molar-refractivity contribution in [1.29, 1.82) is 0 Å². The van der Waals surface area contributed by atoms with Gasteiger partial charge in [0, 0.05) is 16.9 Å². The van der Waals surface area contributed by atoms with Crippen molar-refractivity contribution in [3.8, 4) is 0 Å². The lowest BCUT2D eigenvalue weighted by Crippen LogP contribution is -2.15. The minimum Gasteiger partial charge on any atom is -0.384 e. The van der Waals surface area contributed by atoms with Gasteiger partial charge >= 0.3 is 0 Å². The fourth-order valence-corrected chi connectivity index (χ4v) is 2.32. The number of carbonyl (C=O) groups is 1. The number of hydrogen-bond donors (Lipinski definition) is 2. The average molecular weight is 283 g/mol. The SMILES string of the molecule is CCCc1cc(C(=O)Nc2c(C)cccc2C)cc(N)n1. The van der Waals surface area contributed by atoms with Crippen LogP contribution < -0.4 is 11.1 Å². The molecule has 1 heterocycles. The normalized spacial score (nSPS) is 10.4. The summed E-state index contributed by atoms with van der Waals surface area (Å²) in [5.74, 6) is 0.228. The van der Waals surface area contributed by atoms with Crippen LogP contribution in [0, 0.1) is 13.8 Å². The van der Waals surface area contributed by atoms with Crippen LogP contribution in [0.15, 0.2) is 30.3 Å². The lowest BCUT2D eigenvalue weighted by atomic mass is 10.1. The van der Waals surface area contributed by atoms with E-state index in [4.69, 9.17) is 5.73 Å². The third-order valence-electron chi connectivity index (χ3n) is 3.39. The van der Waals surface area contributed by atoms with Gasteiger partial charge in [-0.2, -0.15) is 0 Å². The van der Waals surface area contributed by atoms with Crippen LogP contribution in [-0.2, 0) is 6.42 Å². The molecule has 21 heavy (non-hydrogen) atoms. The molecule has 0 aliphatic carbocycles. The quantitative estimate of drug-likeness (QED) is 0.902. The number of amides is 1. The van der Waals surface area contributed by atoms with Crippen LogP contribution in [0.4, 0.5) is 11.5 Å². The van der Waals surface area contributed by atoms with Crippen LogP contribution in [0.3, 0.4) is 0 Å². The predicted molar refractivity (Wildman–Crippen MR) is 86.5 cm³/mol. The molecule has 1 amide bonds. The number of aryl methyl sites for hydroxylation is 3. The fraction of sp³-hybridized carbons (Fsp3) is 0.294. The second kappa shape index (κ2) is 6.39. The van der Waals surface area contributed by atoms with Crippen molar-refractivity contribution < 1.29 is 4.79 Å². The molecular weight excluding hydrogens is 262 g/mol. The Bertz CT molecular complexity index is 645. The van der Waals surface area contributed by atoms with Gasteiger partial charge in [0.1, 0.15) is 5.82 Å². The third-order valence-corrected chi connectivity index (χ3v) is 3.39. The van der Waals surface area contributed by atoms with E-state index in [9.17, 15) is 4.79 Å². The number of rotatable bonds is 4. The van der Waals surface area contributed by atoms with E-state index < -0.39 is 0 Å². The highest BCUT2D eigenvalue weighted by Crippen LogP contribution is 2.21. The summed E-state index contributed by atoms with van der Waals surface area (Å²) in [5, 5.41) is 2.97. The molecule has 0 saturated carbocycles. The topological polar surface area (TPSA) is 68.0 Å². The maximum Gasteiger partial charge on any atom is 0.255 e. The fourth-order valence-electron chi connectivity index (χ4n) is 2.32. The number of hydrogen-bond acceptors (Lipinski definition) is 3. The number of aromatic nitrogens is 1. The highest BCUT2D eigenvalue weighted by atomic mass is 16.1. The second-order valence-corrected chi connectivity index (χ2v) is 5.24. The summed E-state index contributed by atoms with van der Waals surface area (Å²) >= 11 is 0. The highest BCUT2D eigenvalue weighted by Gasteiger charge is 2.11. The van der Waals surface area contributed by atoms with Crippen molar-refractivity contribution in [2.45, 2.75) is 33.6 Å². The van der Waals surface area contributed by atoms with Crippen LogP contribution in [0.2, 0.25) is 0 Å². The zero-order valence-corrected chi connectivity index (χ0v) is 12.7. The summed E-state index contributed by atoms with van der Waals surface area (Å²) in [5.41, 5.74) is 10.1. The average Bonchev–Trinajstić information content (AvgIpc) is 2.42. The van der Waals surface area contributed by atoms with Gasteiger partial charge in [0.05, 0.1) is 0 Å². The van der Waals surface area contributed by atoms with E-state index in [1.807, 2.05) is 38.1 Å². The molecule has 1 aromatic carbocycles. The van der Waals surface area contributed by atoms with Gasteiger partial charge in [0.25, 0.3) is 5.91 Å². The standard InChI is InChI=1S/C17H21N3O/c1-4-6-14-9-13(10-15(18)19-14)17(21)20-16-11(2)7-5-8-12(16)3/h5,7-10H,4,6H2,1-3H3,(H2,18,19)(H,20,21). The molecule has 0 saturated heterocycles. The molecule has 2 rings (SSSR count). The van der Waals surface area contributed by atoms with Gasteiger partial charge in [-0.3, -0.25) is 4.79 Å². The van der Waals surface area contributed by atoms with Crippen LogP contribution in [0.25, 0.3) is 0 Å². The molecule has 4 nitrogen and oxygen atoms in total. The Kier molecular flexibility index (Phi) is 4.58. The number of nitrogens with one attached hydrogen (secondary N) is 1. The maximum absolute atomic E-state index is 12.4. The molecule has 0 atom stereocenters. The minimum atomic E-state index is -0.154. The van der Waals surface area contributed by atoms with Crippen molar-refractivity contribution in [2.75, 3.05) is 11.1 Å². The second-order valence-electron chi connectivity index (χ2n) is 5.24. The predicted octanol–water partition coefficient (Wildman–Crippen LogP) is 3.49. The van der Waals surface area contributed by atoms with Gasteiger partial charge in [-0.25, -0.2) is 4.98 Å². The smallest absolute Gasteiger partial charge is 0.255 e. The van der Waals surface area contributed by atoms with Gasteiger partial charge in [-0.1, -0.05) is 31.5 Å². The summed E-state index contributed by atoms with van der Waals surface area (Å²) in [7, 11) is 0. The molecule has 0 fully saturated rings. The van der Waals surface area contributed by atoms with Crippen LogP contribution in [0.1, 0.15) is 40.5 Å². The molecule has 1 aromatic heterocycles. The zero-order valence-electron chi connectivity index (χ0n) is 12.7. The van der Waals surface area contributed by atoms with E-state index in [0.717, 1.165) is 35.3 Å². The number of nitrogen functional groups attached to an aromatic ring is 1. The van der Waals surface area contributed by atoms with Crippen molar-refractivity contribution in [2.24, 2.45) is 0 Å². The zero-order chi connectivity index (χ0) is 15.4. The Hall–Kier alpha value is -2.36. The number of benzene rings is 1. The van der Waals surface area contributed by atoms with Crippen molar-refractivity contribution in [1.82, 2.24) is 4.98 Å². The number of pyridine rings is 1. The summed E-state index contributed by atoms with van der Waals surface area (Å²) in [4.78, 5) is 16.7. The summed E-state index contributed by atoms with van der Waals surface area (Å²) < 4.78 is 0. The lowest BCUT2D eigenvalue weighted by Gasteiger charge is -2.12. The third kappa shape index (κ3) is 3.60. The van der Waals surface area contributed by atoms with E-state index in [1.165, 1.54) is 0 Å². The van der Waals surface area contributed by atoms with E-state index in [2.05, 4.69) is 17.2 Å². The Morgan fingerprint density at radius 3 is 2.52 bits per heavy atom. The molecule has 0 bridgehead atoms. The molecule has 0 aliphatic rings. The van der Waals surface area contributed by atoms with Crippen LogP contribution in [-0.4, -0.2) is 10.9 Å². The Morgan fingerprint density at radius 1 is 1.24 bits per heavy atom. The first-order chi connectivity index (χ1) is 10.0. The number of para-hydroxylation sites is 1. The first kappa shape index (κ1) is 15.0. The Balaban J connectivity index is 2.28. The van der Waals surface area contributed by atoms with Crippen molar-refractivity contribution in [3.63, 3.8) is 0 Å². The van der Waals surface area contributed by atoms with Gasteiger partial charge in [-0.15, -0.1) is 0 Å². The molecule has 4 heteroatoms. The first-order valence-corrected chi connectivity index (χ1v) is 7.15. The molecule has 3 N–H and O–H groups in total. The Morgan fingerprint density at radius 2 is 1.90 bits per heavy atom. The van der Waals surface area contributed by atoms with E-state index >= 15 is 0 Å². The van der Waals surface area contributed by atoms with Crippen molar-refractivity contribution >= 4 is 17.4 Å². The van der Waals surface area contributed by atoms with Gasteiger partial charge in [0.2, 0.25) is 0 Å². The van der Waals surface area contributed by atoms with E-state index in [1.54, 1.807) is 6.07 Å². The van der Waals surface area contributed by atoms with Crippen molar-refractivity contribution in [3.05, 3.63) is 52.7 Å². The number of carbonyl (C=O) groups excluding carboxylic acids is 1. The largest absolute Gasteiger partial charge is 0.384 e. The van der Waals surface area contributed by atoms with E-state index in [0.29, 0.717) is 11.4 Å². The lowest BCUT2D eigenvalue weighted by molar-refractivity contribution is 0.102. The molecular formula is C17H21N3O. The molecule has 0 aliphatic heterocycles. The highest BCUT2D eigenvalue weighted by molar-refractivity contribution is 6.05. The minimum absolute atomic E-state index is 0.154. The summed E-state index contributed by atoms with van der Waals surface area (Å²) in [6.07, 6.45) is 1.78. The van der Waals surface area contributed by atoms with Gasteiger partial charge in [-0.05, 0) is 43.5 Å². The first-order valence-electron chi connectivity index (χ1n) is 7.15. The maximum atomic E-state index is 12.4. The van der Waals surface area contributed by atoms with Gasteiger partial charge < -0.3 is 11.1 Å². The summed E-state index contributed by atoms with van der Waals surface area (Å²) in [6.45, 7) is 6.03. The molecule has 0 radical (unpaired) electrons. The monoisotopic (exact) mass is 283 g/mol. The molecule has 2 aromatic rings. The number of nitrogens with zero attached hydrogens (tertiary/aromatic N) is 1. The van der Waals surface area contributed by atoms with E-state index in [-0.39, 0.29) is 5.91 Å². The van der Waals surface area contributed by atoms with Crippen LogP contribution >= 0.6 is 0 Å². The number of nitrogens with two attached hydrogens (primary N) is 1. The molecule has 0 unspecified atom stereocenters. The molecule has 110 valence electrons. The van der Waals surface area contributed by atoms with Gasteiger partial charge in [0.15, 0.2) is 0 Å². The molecule has 0 spiro atoms. The Labute approximate surface area is 125 Å². The van der Waals surface area contributed by atoms with Crippen LogP contribution in [0.5, 0.6) is 0 Å². The number of anilines is 2.